The Labute approximate surface area is 156 Å². The number of benzene rings is 1. The van der Waals surface area contributed by atoms with Gasteiger partial charge in [0.2, 0.25) is 0 Å². The minimum Gasteiger partial charge on any atom is -0.340 e. The zero-order valence-corrected chi connectivity index (χ0v) is 15.2. The highest BCUT2D eigenvalue weighted by molar-refractivity contribution is 6.30. The summed E-state index contributed by atoms with van der Waals surface area (Å²) in [6.07, 6.45) is 5.11. The van der Waals surface area contributed by atoms with Crippen LogP contribution in [0.25, 0.3) is 0 Å². The van der Waals surface area contributed by atoms with E-state index < -0.39 is 6.04 Å². The topological polar surface area (TPSA) is 50.2 Å². The Morgan fingerprint density at radius 2 is 1.92 bits per heavy atom. The number of rotatable bonds is 4. The van der Waals surface area contributed by atoms with Gasteiger partial charge in [-0.3, -0.25) is 15.0 Å². The SMILES string of the molecule is Cc1ncccc1C(=NC(C)c1cc(Cl)ccc1F)Nc1ccncc1. The molecule has 1 unspecified atom stereocenters. The van der Waals surface area contributed by atoms with Crippen LogP contribution in [0.5, 0.6) is 0 Å². The van der Waals surface area contributed by atoms with Crippen LogP contribution in [-0.2, 0) is 0 Å². The summed E-state index contributed by atoms with van der Waals surface area (Å²) in [6.45, 7) is 3.73. The van der Waals surface area contributed by atoms with Gasteiger partial charge in [0.1, 0.15) is 11.7 Å². The van der Waals surface area contributed by atoms with Crippen LogP contribution >= 0.6 is 11.6 Å². The molecule has 132 valence electrons. The molecule has 26 heavy (non-hydrogen) atoms. The maximum Gasteiger partial charge on any atom is 0.135 e. The van der Waals surface area contributed by atoms with Crippen molar-refractivity contribution in [3.8, 4) is 0 Å². The average Bonchev–Trinajstić information content (AvgIpc) is 2.64. The van der Waals surface area contributed by atoms with Gasteiger partial charge in [0.05, 0.1) is 6.04 Å². The number of pyridine rings is 2. The first-order valence-corrected chi connectivity index (χ1v) is 8.54. The molecule has 0 spiro atoms. The summed E-state index contributed by atoms with van der Waals surface area (Å²) in [5.74, 6) is 0.269. The third-order valence-corrected chi connectivity index (χ3v) is 4.17. The molecule has 0 amide bonds. The number of aromatic nitrogens is 2. The lowest BCUT2D eigenvalue weighted by Crippen LogP contribution is -2.17. The number of aryl methyl sites for hydroxylation is 1. The number of nitrogens with zero attached hydrogens (tertiary/aromatic N) is 3. The van der Waals surface area contributed by atoms with Crippen molar-refractivity contribution in [2.45, 2.75) is 19.9 Å². The summed E-state index contributed by atoms with van der Waals surface area (Å²) in [5.41, 5.74) is 2.94. The van der Waals surface area contributed by atoms with Crippen LogP contribution in [0.15, 0.2) is 66.0 Å². The van der Waals surface area contributed by atoms with Gasteiger partial charge in [0.15, 0.2) is 0 Å². The van der Waals surface area contributed by atoms with Gasteiger partial charge in [-0.05, 0) is 56.3 Å². The van der Waals surface area contributed by atoms with E-state index in [4.69, 9.17) is 16.6 Å². The molecule has 0 bridgehead atoms. The van der Waals surface area contributed by atoms with Gasteiger partial charge in [-0.2, -0.15) is 0 Å². The van der Waals surface area contributed by atoms with E-state index in [2.05, 4.69) is 15.3 Å². The standard InChI is InChI=1S/C20H18ClFN4/c1-13-17(4-3-9-24-13)20(26-16-7-10-23-11-8-16)25-14(2)18-12-15(21)5-6-19(18)22/h3-12,14H,1-2H3,(H,23,25,26). The van der Waals surface area contributed by atoms with Crippen LogP contribution in [0.1, 0.15) is 29.8 Å². The molecule has 3 rings (SSSR count). The van der Waals surface area contributed by atoms with Crippen LogP contribution in [0, 0.1) is 12.7 Å². The van der Waals surface area contributed by atoms with E-state index in [9.17, 15) is 4.39 Å². The molecular formula is C20H18ClFN4. The Morgan fingerprint density at radius 3 is 2.65 bits per heavy atom. The van der Waals surface area contributed by atoms with E-state index in [1.807, 2.05) is 38.1 Å². The normalized spacial score (nSPS) is 12.7. The fourth-order valence-electron chi connectivity index (χ4n) is 2.57. The maximum absolute atomic E-state index is 14.2. The first-order chi connectivity index (χ1) is 12.5. The maximum atomic E-state index is 14.2. The molecule has 2 heterocycles. The van der Waals surface area contributed by atoms with E-state index in [0.717, 1.165) is 16.9 Å². The fraction of sp³-hybridized carbons (Fsp3) is 0.150. The monoisotopic (exact) mass is 368 g/mol. The van der Waals surface area contributed by atoms with Crippen molar-refractivity contribution in [1.82, 2.24) is 9.97 Å². The van der Waals surface area contributed by atoms with Crippen LogP contribution in [0.2, 0.25) is 5.02 Å². The zero-order valence-electron chi connectivity index (χ0n) is 14.4. The second-order valence-corrected chi connectivity index (χ2v) is 6.25. The first kappa shape index (κ1) is 18.0. The van der Waals surface area contributed by atoms with E-state index >= 15 is 0 Å². The van der Waals surface area contributed by atoms with Gasteiger partial charge >= 0.3 is 0 Å². The molecule has 1 N–H and O–H groups in total. The minimum atomic E-state index is -0.433. The number of halogens is 2. The molecule has 0 saturated carbocycles. The second-order valence-electron chi connectivity index (χ2n) is 5.82. The number of amidine groups is 1. The van der Waals surface area contributed by atoms with Crippen molar-refractivity contribution in [2.24, 2.45) is 4.99 Å². The highest BCUT2D eigenvalue weighted by Crippen LogP contribution is 2.25. The van der Waals surface area contributed by atoms with E-state index in [-0.39, 0.29) is 5.82 Å². The van der Waals surface area contributed by atoms with Gasteiger partial charge in [-0.15, -0.1) is 0 Å². The van der Waals surface area contributed by atoms with E-state index in [1.54, 1.807) is 24.7 Å². The minimum absolute atomic E-state index is 0.336. The predicted molar refractivity (Wildman–Crippen MR) is 103 cm³/mol. The zero-order chi connectivity index (χ0) is 18.5. The van der Waals surface area contributed by atoms with Crippen LogP contribution in [0.3, 0.4) is 0 Å². The van der Waals surface area contributed by atoms with E-state index in [1.165, 1.54) is 12.1 Å². The van der Waals surface area contributed by atoms with Crippen LogP contribution in [0.4, 0.5) is 10.1 Å². The summed E-state index contributed by atoms with van der Waals surface area (Å²) in [6, 6.07) is 11.5. The summed E-state index contributed by atoms with van der Waals surface area (Å²) in [5, 5.41) is 3.76. The molecule has 2 aromatic heterocycles. The molecule has 0 saturated heterocycles. The Hall–Kier alpha value is -2.79. The number of hydrogen-bond donors (Lipinski definition) is 1. The summed E-state index contributed by atoms with van der Waals surface area (Å²) in [4.78, 5) is 13.1. The molecule has 1 aromatic carbocycles. The second kappa shape index (κ2) is 8.06. The van der Waals surface area contributed by atoms with Crippen LogP contribution in [-0.4, -0.2) is 15.8 Å². The van der Waals surface area contributed by atoms with Crippen LogP contribution < -0.4 is 5.32 Å². The van der Waals surface area contributed by atoms with Crippen molar-refractivity contribution in [3.05, 3.63) is 88.7 Å². The predicted octanol–water partition coefficient (Wildman–Crippen LogP) is 5.20. The number of hydrogen-bond acceptors (Lipinski definition) is 3. The molecule has 0 aliphatic carbocycles. The smallest absolute Gasteiger partial charge is 0.135 e. The molecule has 0 aliphatic heterocycles. The Bertz CT molecular complexity index is 928. The molecular weight excluding hydrogens is 351 g/mol. The van der Waals surface area contributed by atoms with Crippen molar-refractivity contribution in [3.63, 3.8) is 0 Å². The van der Waals surface area contributed by atoms with Gasteiger partial charge < -0.3 is 5.32 Å². The molecule has 1 atom stereocenters. The largest absolute Gasteiger partial charge is 0.340 e. The number of aliphatic imine (C=N–C) groups is 1. The van der Waals surface area contributed by atoms with Gasteiger partial charge in [0, 0.05) is 46.1 Å². The van der Waals surface area contributed by atoms with Crippen molar-refractivity contribution >= 4 is 23.1 Å². The molecule has 3 aromatic rings. The molecule has 0 aliphatic rings. The lowest BCUT2D eigenvalue weighted by molar-refractivity contribution is 0.594. The number of anilines is 1. The fourth-order valence-corrected chi connectivity index (χ4v) is 2.75. The van der Waals surface area contributed by atoms with Crippen molar-refractivity contribution < 1.29 is 4.39 Å². The highest BCUT2D eigenvalue weighted by Gasteiger charge is 2.14. The van der Waals surface area contributed by atoms with Crippen molar-refractivity contribution in [1.29, 1.82) is 0 Å². The summed E-state index contributed by atoms with van der Waals surface area (Å²) < 4.78 is 14.2. The molecule has 6 heteroatoms. The quantitative estimate of drug-likeness (QED) is 0.508. The Kier molecular flexibility index (Phi) is 5.58. The van der Waals surface area contributed by atoms with Gasteiger partial charge in [-0.1, -0.05) is 11.6 Å². The number of nitrogens with one attached hydrogen (secondary N) is 1. The Balaban J connectivity index is 2.03. The Morgan fingerprint density at radius 1 is 1.15 bits per heavy atom. The molecule has 0 fully saturated rings. The van der Waals surface area contributed by atoms with E-state index in [0.29, 0.717) is 16.4 Å². The molecule has 0 radical (unpaired) electrons. The van der Waals surface area contributed by atoms with Gasteiger partial charge in [0.25, 0.3) is 0 Å². The third-order valence-electron chi connectivity index (χ3n) is 3.94. The first-order valence-electron chi connectivity index (χ1n) is 8.16. The van der Waals surface area contributed by atoms with Crippen molar-refractivity contribution in [2.75, 3.05) is 5.32 Å². The third kappa shape index (κ3) is 4.24. The average molecular weight is 369 g/mol. The highest BCUT2D eigenvalue weighted by atomic mass is 35.5. The lowest BCUT2D eigenvalue weighted by Gasteiger charge is -2.16. The van der Waals surface area contributed by atoms with Gasteiger partial charge in [-0.25, -0.2) is 4.39 Å². The summed E-state index contributed by atoms with van der Waals surface area (Å²) in [7, 11) is 0. The summed E-state index contributed by atoms with van der Waals surface area (Å²) >= 11 is 6.02. The molecule has 4 nitrogen and oxygen atoms in total. The lowest BCUT2D eigenvalue weighted by atomic mass is 10.1.